The van der Waals surface area contributed by atoms with Gasteiger partial charge in [0.2, 0.25) is 11.1 Å². The number of thioether (sulfide) groups is 1. The normalized spacial score (nSPS) is 15.4. The second-order valence-electron chi connectivity index (χ2n) is 6.79. The Labute approximate surface area is 181 Å². The molecular formula is C22H28N4O3S. The number of rotatable bonds is 10. The van der Waals surface area contributed by atoms with E-state index in [-0.39, 0.29) is 6.61 Å². The van der Waals surface area contributed by atoms with Gasteiger partial charge in [-0.1, -0.05) is 62.9 Å². The van der Waals surface area contributed by atoms with E-state index in [2.05, 4.69) is 28.9 Å². The molecule has 1 aliphatic heterocycles. The summed E-state index contributed by atoms with van der Waals surface area (Å²) < 4.78 is 13.2. The molecule has 8 heteroatoms. The molecule has 1 atom stereocenters. The van der Waals surface area contributed by atoms with E-state index in [9.17, 15) is 4.79 Å². The van der Waals surface area contributed by atoms with Crippen LogP contribution in [0.3, 0.4) is 0 Å². The third-order valence-corrected chi connectivity index (χ3v) is 5.35. The molecule has 1 unspecified atom stereocenters. The summed E-state index contributed by atoms with van der Waals surface area (Å²) in [4.78, 5) is 17.6. The van der Waals surface area contributed by atoms with Gasteiger partial charge in [0.15, 0.2) is 0 Å². The van der Waals surface area contributed by atoms with E-state index < -0.39 is 12.0 Å². The molecule has 0 spiro atoms. The smallest absolute Gasteiger partial charge is 0.338 e. The van der Waals surface area contributed by atoms with E-state index in [4.69, 9.17) is 9.47 Å². The lowest BCUT2D eigenvalue weighted by atomic mass is 9.95. The van der Waals surface area contributed by atoms with Gasteiger partial charge in [-0.2, -0.15) is 4.98 Å². The second-order valence-corrected chi connectivity index (χ2v) is 8.02. The summed E-state index contributed by atoms with van der Waals surface area (Å²) in [6.45, 7) is 10.4. The molecular weight excluding hydrogens is 400 g/mol. The van der Waals surface area contributed by atoms with Crippen LogP contribution in [-0.4, -0.2) is 39.7 Å². The van der Waals surface area contributed by atoms with E-state index in [0.717, 1.165) is 29.9 Å². The molecule has 160 valence electrons. The van der Waals surface area contributed by atoms with Crippen LogP contribution in [0.5, 0.6) is 5.75 Å². The first kappa shape index (κ1) is 22.0. The van der Waals surface area contributed by atoms with Gasteiger partial charge < -0.3 is 14.8 Å². The maximum Gasteiger partial charge on any atom is 0.338 e. The minimum absolute atomic E-state index is 0.137. The largest absolute Gasteiger partial charge is 0.493 e. The number of nitrogens with one attached hydrogen (secondary N) is 1. The standard InChI is InChI=1S/C22H28N4O3S/c1-5-8-14-28-17-12-10-9-11-16(17)19-18(20(27)29-13-6-2)15(4)23-21-24-22(30-7-3)25-26(19)21/h6,9-12,19H,2,5,7-8,13-14H2,1,3-4H3,(H,23,24,25). The quantitative estimate of drug-likeness (QED) is 0.257. The first-order valence-electron chi connectivity index (χ1n) is 10.2. The number of carbonyl (C=O) groups is 1. The Morgan fingerprint density at radius 1 is 1.37 bits per heavy atom. The van der Waals surface area contributed by atoms with E-state index in [1.807, 2.05) is 38.1 Å². The first-order valence-corrected chi connectivity index (χ1v) is 11.2. The Morgan fingerprint density at radius 3 is 2.90 bits per heavy atom. The number of fused-ring (bicyclic) bond motifs is 1. The number of anilines is 1. The van der Waals surface area contributed by atoms with Gasteiger partial charge in [0.25, 0.3) is 0 Å². The molecule has 0 aliphatic carbocycles. The van der Waals surface area contributed by atoms with Gasteiger partial charge in [0, 0.05) is 11.3 Å². The molecule has 1 N–H and O–H groups in total. The van der Waals surface area contributed by atoms with Crippen molar-refractivity contribution in [2.45, 2.75) is 44.8 Å². The van der Waals surface area contributed by atoms with Gasteiger partial charge in [0.05, 0.1) is 12.2 Å². The fourth-order valence-electron chi connectivity index (χ4n) is 3.25. The molecule has 1 aromatic heterocycles. The number of nitrogens with zero attached hydrogens (tertiary/aromatic N) is 3. The van der Waals surface area contributed by atoms with Crippen molar-refractivity contribution in [2.75, 3.05) is 24.3 Å². The summed E-state index contributed by atoms with van der Waals surface area (Å²) in [7, 11) is 0. The number of carbonyl (C=O) groups excluding carboxylic acids is 1. The van der Waals surface area contributed by atoms with Crippen molar-refractivity contribution < 1.29 is 14.3 Å². The highest BCUT2D eigenvalue weighted by Crippen LogP contribution is 2.40. The number of unbranched alkanes of at least 4 members (excludes halogenated alkanes) is 1. The summed E-state index contributed by atoms with van der Waals surface area (Å²) in [6.07, 6.45) is 3.55. The van der Waals surface area contributed by atoms with Crippen molar-refractivity contribution in [3.05, 3.63) is 53.8 Å². The lowest BCUT2D eigenvalue weighted by molar-refractivity contribution is -0.138. The number of esters is 1. The van der Waals surface area contributed by atoms with E-state index >= 15 is 0 Å². The highest BCUT2D eigenvalue weighted by atomic mass is 32.2. The topological polar surface area (TPSA) is 78.3 Å². The van der Waals surface area contributed by atoms with Gasteiger partial charge in [-0.3, -0.25) is 0 Å². The summed E-state index contributed by atoms with van der Waals surface area (Å²) in [6, 6.07) is 7.25. The highest BCUT2D eigenvalue weighted by molar-refractivity contribution is 7.99. The summed E-state index contributed by atoms with van der Waals surface area (Å²) in [5.74, 6) is 1.76. The minimum Gasteiger partial charge on any atom is -0.493 e. The molecule has 7 nitrogen and oxygen atoms in total. The van der Waals surface area contributed by atoms with Crippen LogP contribution < -0.4 is 10.1 Å². The molecule has 3 rings (SSSR count). The molecule has 0 saturated carbocycles. The monoisotopic (exact) mass is 428 g/mol. The van der Waals surface area contributed by atoms with Crippen LogP contribution in [0.4, 0.5) is 5.95 Å². The highest BCUT2D eigenvalue weighted by Gasteiger charge is 2.36. The number of hydrogen-bond donors (Lipinski definition) is 1. The molecule has 30 heavy (non-hydrogen) atoms. The Morgan fingerprint density at radius 2 is 2.17 bits per heavy atom. The molecule has 0 radical (unpaired) electrons. The van der Waals surface area contributed by atoms with Crippen molar-refractivity contribution in [3.8, 4) is 5.75 Å². The lowest BCUT2D eigenvalue weighted by Crippen LogP contribution is -2.30. The number of para-hydroxylation sites is 1. The third-order valence-electron chi connectivity index (χ3n) is 4.63. The van der Waals surface area contributed by atoms with Crippen LogP contribution in [0, 0.1) is 0 Å². The molecule has 0 fully saturated rings. The van der Waals surface area contributed by atoms with Crippen LogP contribution in [0.2, 0.25) is 0 Å². The van der Waals surface area contributed by atoms with Crippen molar-refractivity contribution in [2.24, 2.45) is 0 Å². The zero-order valence-corrected chi connectivity index (χ0v) is 18.5. The zero-order chi connectivity index (χ0) is 21.5. The Kier molecular flexibility index (Phi) is 7.57. The predicted molar refractivity (Wildman–Crippen MR) is 119 cm³/mol. The average molecular weight is 429 g/mol. The minimum atomic E-state index is -0.505. The van der Waals surface area contributed by atoms with Crippen molar-refractivity contribution >= 4 is 23.7 Å². The van der Waals surface area contributed by atoms with Gasteiger partial charge in [-0.05, 0) is 25.2 Å². The maximum atomic E-state index is 13.0. The number of hydrogen-bond acceptors (Lipinski definition) is 7. The molecule has 1 aliphatic rings. The molecule has 2 aromatic rings. The summed E-state index contributed by atoms with van der Waals surface area (Å²) in [5, 5.41) is 8.53. The molecule has 0 bridgehead atoms. The van der Waals surface area contributed by atoms with E-state index in [0.29, 0.717) is 29.0 Å². The number of benzene rings is 1. The van der Waals surface area contributed by atoms with Crippen LogP contribution in [0.1, 0.15) is 45.2 Å². The van der Waals surface area contributed by atoms with Gasteiger partial charge in [0.1, 0.15) is 18.4 Å². The van der Waals surface area contributed by atoms with Crippen molar-refractivity contribution in [1.29, 1.82) is 0 Å². The van der Waals surface area contributed by atoms with Crippen molar-refractivity contribution in [3.63, 3.8) is 0 Å². The Bertz CT molecular complexity index is 938. The van der Waals surface area contributed by atoms with E-state index in [1.54, 1.807) is 22.5 Å². The fourth-order valence-corrected chi connectivity index (χ4v) is 3.81. The number of aromatic nitrogens is 3. The molecule has 0 amide bonds. The maximum absolute atomic E-state index is 13.0. The zero-order valence-electron chi connectivity index (χ0n) is 17.7. The summed E-state index contributed by atoms with van der Waals surface area (Å²) in [5.41, 5.74) is 2.01. The van der Waals surface area contributed by atoms with Crippen LogP contribution >= 0.6 is 11.8 Å². The van der Waals surface area contributed by atoms with Crippen LogP contribution in [0.25, 0.3) is 0 Å². The average Bonchev–Trinajstić information content (AvgIpc) is 3.14. The predicted octanol–water partition coefficient (Wildman–Crippen LogP) is 4.59. The number of allylic oxidation sites excluding steroid dienone is 1. The van der Waals surface area contributed by atoms with Gasteiger partial charge in [-0.15, -0.1) is 5.10 Å². The van der Waals surface area contributed by atoms with Gasteiger partial charge in [-0.25, -0.2) is 9.48 Å². The van der Waals surface area contributed by atoms with Gasteiger partial charge >= 0.3 is 5.97 Å². The third kappa shape index (κ3) is 4.70. The molecule has 2 heterocycles. The second kappa shape index (κ2) is 10.3. The van der Waals surface area contributed by atoms with Crippen LogP contribution in [-0.2, 0) is 9.53 Å². The first-order chi connectivity index (χ1) is 14.6. The molecule has 1 aromatic carbocycles. The SMILES string of the molecule is C=CCOC(=O)C1=C(C)Nc2nc(SCC)nn2C1c1ccccc1OCCCC. The Balaban J connectivity index is 2.09. The fraction of sp³-hybridized carbons (Fsp3) is 0.409. The van der Waals surface area contributed by atoms with Crippen molar-refractivity contribution in [1.82, 2.24) is 14.8 Å². The Hall–Kier alpha value is -2.74. The number of ether oxygens (including phenoxy) is 2. The lowest BCUT2D eigenvalue weighted by Gasteiger charge is -2.29. The molecule has 0 saturated heterocycles. The summed E-state index contributed by atoms with van der Waals surface area (Å²) >= 11 is 1.55. The van der Waals surface area contributed by atoms with Crippen LogP contribution in [0.15, 0.2) is 53.3 Å². The van der Waals surface area contributed by atoms with E-state index in [1.165, 1.54) is 0 Å².